The van der Waals surface area contributed by atoms with Gasteiger partial charge in [0.25, 0.3) is 0 Å². The van der Waals surface area contributed by atoms with E-state index in [2.05, 4.69) is 0 Å². The Balaban J connectivity index is 1.68. The molecule has 0 saturated heterocycles. The maximum atomic E-state index is 14.1. The zero-order valence-corrected chi connectivity index (χ0v) is 18.0. The van der Waals surface area contributed by atoms with Crippen LogP contribution in [0.15, 0.2) is 97.1 Å². The fourth-order valence-electron chi connectivity index (χ4n) is 7.32. The molecule has 2 nitrogen and oxygen atoms in total. The Bertz CT molecular complexity index is 1410. The summed E-state index contributed by atoms with van der Waals surface area (Å²) in [7, 11) is 0. The van der Waals surface area contributed by atoms with E-state index >= 15 is 0 Å². The summed E-state index contributed by atoms with van der Waals surface area (Å²) in [4.78, 5) is 27.8. The number of halogens is 2. The topological polar surface area (TPSA) is 34.1 Å². The molecule has 4 aromatic carbocycles. The first kappa shape index (κ1) is 19.5. The van der Waals surface area contributed by atoms with E-state index in [1.807, 2.05) is 48.5 Å². The second kappa shape index (κ2) is 6.35. The third kappa shape index (κ3) is 1.94. The molecule has 0 bridgehead atoms. The summed E-state index contributed by atoms with van der Waals surface area (Å²) in [5.41, 5.74) is 2.59. The lowest BCUT2D eigenvalue weighted by molar-refractivity contribution is 0.00353. The SMILES string of the molecule is O=C1c2ccccc2[C@@]2(c3ccc(F)cc3)[C@@H]1[C@@H]1C(=O)c3ccccc3[C@@]12c1ccc(F)cc1. The van der Waals surface area contributed by atoms with Crippen molar-refractivity contribution in [1.29, 1.82) is 0 Å². The molecule has 7 rings (SSSR count). The van der Waals surface area contributed by atoms with Gasteiger partial charge >= 0.3 is 0 Å². The van der Waals surface area contributed by atoms with Crippen LogP contribution in [0.1, 0.15) is 43.0 Å². The summed E-state index contributed by atoms with van der Waals surface area (Å²) in [5.74, 6) is -2.12. The molecule has 0 heterocycles. The van der Waals surface area contributed by atoms with Crippen LogP contribution in [0.3, 0.4) is 0 Å². The summed E-state index contributed by atoms with van der Waals surface area (Å²) in [5, 5.41) is 0. The first-order valence-electron chi connectivity index (χ1n) is 11.3. The normalized spacial score (nSPS) is 28.1. The van der Waals surface area contributed by atoms with E-state index in [4.69, 9.17) is 0 Å². The average Bonchev–Trinajstić information content (AvgIpc) is 3.21. The molecule has 34 heavy (non-hydrogen) atoms. The summed E-state index contributed by atoms with van der Waals surface area (Å²) >= 11 is 0. The molecule has 0 aromatic heterocycles. The highest BCUT2D eigenvalue weighted by atomic mass is 19.1. The minimum atomic E-state index is -0.918. The van der Waals surface area contributed by atoms with Gasteiger partial charge in [-0.1, -0.05) is 72.8 Å². The standard InChI is InChI=1S/C30H18F2O2/c31-19-13-9-17(10-14-19)29-23-7-3-1-5-21(23)27(33)25(29)26-28(34)22-6-2-4-8-24(22)30(26,29)18-11-15-20(32)16-12-18/h1-16,25-26H/t25-,26-,29+,30+/m1/s1. The van der Waals surface area contributed by atoms with Crippen LogP contribution in [0.5, 0.6) is 0 Å². The third-order valence-electron chi connectivity index (χ3n) is 8.29. The zero-order chi connectivity index (χ0) is 23.2. The summed E-state index contributed by atoms with van der Waals surface area (Å²) in [6, 6.07) is 27.5. The van der Waals surface area contributed by atoms with E-state index in [-0.39, 0.29) is 23.2 Å². The first-order valence-corrected chi connectivity index (χ1v) is 11.3. The summed E-state index contributed by atoms with van der Waals surface area (Å²) in [6.45, 7) is 0. The molecule has 1 saturated carbocycles. The van der Waals surface area contributed by atoms with Gasteiger partial charge in [-0.05, 0) is 46.5 Å². The van der Waals surface area contributed by atoms with Crippen LogP contribution in [-0.2, 0) is 10.8 Å². The van der Waals surface area contributed by atoms with Gasteiger partial charge in [0, 0.05) is 33.8 Å². The predicted octanol–water partition coefficient (Wildman–Crippen LogP) is 5.88. The van der Waals surface area contributed by atoms with Gasteiger partial charge in [-0.25, -0.2) is 8.78 Å². The van der Waals surface area contributed by atoms with Crippen molar-refractivity contribution in [3.63, 3.8) is 0 Å². The van der Waals surface area contributed by atoms with Gasteiger partial charge < -0.3 is 0 Å². The Morgan fingerprint density at radius 1 is 0.500 bits per heavy atom. The van der Waals surface area contributed by atoms with Crippen LogP contribution in [0.4, 0.5) is 8.78 Å². The predicted molar refractivity (Wildman–Crippen MR) is 123 cm³/mol. The van der Waals surface area contributed by atoms with E-state index < -0.39 is 22.7 Å². The zero-order valence-electron chi connectivity index (χ0n) is 18.0. The van der Waals surface area contributed by atoms with Crippen LogP contribution in [0.25, 0.3) is 0 Å². The number of fused-ring (bicyclic) bond motifs is 8. The van der Waals surface area contributed by atoms with Gasteiger partial charge in [0.15, 0.2) is 11.6 Å². The molecule has 0 amide bonds. The highest BCUT2D eigenvalue weighted by Crippen LogP contribution is 2.77. The maximum absolute atomic E-state index is 14.1. The van der Waals surface area contributed by atoms with Crippen molar-refractivity contribution < 1.29 is 18.4 Å². The minimum absolute atomic E-state index is 0.0659. The maximum Gasteiger partial charge on any atom is 0.168 e. The number of carbonyl (C=O) groups is 2. The van der Waals surface area contributed by atoms with Crippen molar-refractivity contribution in [2.75, 3.05) is 0 Å². The Labute approximate surface area is 194 Å². The molecule has 3 aliphatic rings. The van der Waals surface area contributed by atoms with Crippen molar-refractivity contribution in [2.24, 2.45) is 11.8 Å². The van der Waals surface area contributed by atoms with Gasteiger partial charge in [-0.3, -0.25) is 9.59 Å². The van der Waals surface area contributed by atoms with Gasteiger partial charge in [-0.15, -0.1) is 0 Å². The van der Waals surface area contributed by atoms with Crippen LogP contribution in [-0.4, -0.2) is 11.6 Å². The number of rotatable bonds is 2. The molecular weight excluding hydrogens is 430 g/mol. The van der Waals surface area contributed by atoms with Gasteiger partial charge in [0.1, 0.15) is 11.6 Å². The summed E-state index contributed by atoms with van der Waals surface area (Å²) in [6.07, 6.45) is 0. The second-order valence-corrected chi connectivity index (χ2v) is 9.40. The molecule has 0 spiro atoms. The van der Waals surface area contributed by atoms with Crippen LogP contribution in [0.2, 0.25) is 0 Å². The second-order valence-electron chi connectivity index (χ2n) is 9.40. The van der Waals surface area contributed by atoms with Crippen molar-refractivity contribution in [2.45, 2.75) is 10.8 Å². The molecule has 0 N–H and O–H groups in total. The van der Waals surface area contributed by atoms with E-state index in [1.165, 1.54) is 24.3 Å². The molecule has 4 atom stereocenters. The Morgan fingerprint density at radius 3 is 1.24 bits per heavy atom. The number of hydrogen-bond donors (Lipinski definition) is 0. The quantitative estimate of drug-likeness (QED) is 0.384. The Hall–Kier alpha value is -3.92. The van der Waals surface area contributed by atoms with Gasteiger partial charge in [-0.2, -0.15) is 0 Å². The molecule has 0 aliphatic heterocycles. The van der Waals surface area contributed by atoms with Crippen LogP contribution in [0, 0.1) is 23.5 Å². The molecule has 0 unspecified atom stereocenters. The molecule has 4 aromatic rings. The Morgan fingerprint density at radius 2 is 0.853 bits per heavy atom. The molecule has 4 heteroatoms. The molecule has 0 radical (unpaired) electrons. The van der Waals surface area contributed by atoms with E-state index in [1.54, 1.807) is 24.3 Å². The smallest absolute Gasteiger partial charge is 0.168 e. The van der Waals surface area contributed by atoms with Crippen LogP contribution < -0.4 is 0 Å². The number of hydrogen-bond acceptors (Lipinski definition) is 2. The Kier molecular flexibility index (Phi) is 3.65. The number of benzene rings is 4. The molecule has 1 fully saturated rings. The van der Waals surface area contributed by atoms with E-state index in [9.17, 15) is 18.4 Å². The number of Topliss-reactive ketones (excluding diaryl/α,β-unsaturated/α-hetero) is 2. The van der Waals surface area contributed by atoms with E-state index in [0.717, 1.165) is 22.3 Å². The van der Waals surface area contributed by atoms with E-state index in [0.29, 0.717) is 11.1 Å². The molecule has 3 aliphatic carbocycles. The van der Waals surface area contributed by atoms with Crippen LogP contribution >= 0.6 is 0 Å². The first-order chi connectivity index (χ1) is 16.5. The highest BCUT2D eigenvalue weighted by molar-refractivity contribution is 6.17. The fourth-order valence-corrected chi connectivity index (χ4v) is 7.32. The van der Waals surface area contributed by atoms with Crippen molar-refractivity contribution in [1.82, 2.24) is 0 Å². The van der Waals surface area contributed by atoms with Gasteiger partial charge in [0.05, 0.1) is 0 Å². The minimum Gasteiger partial charge on any atom is -0.294 e. The lowest BCUT2D eigenvalue weighted by Gasteiger charge is -2.64. The monoisotopic (exact) mass is 448 g/mol. The lowest BCUT2D eigenvalue weighted by Crippen LogP contribution is -2.70. The highest BCUT2D eigenvalue weighted by Gasteiger charge is 2.82. The number of ketones is 2. The largest absolute Gasteiger partial charge is 0.294 e. The van der Waals surface area contributed by atoms with Gasteiger partial charge in [0.2, 0.25) is 0 Å². The molecular formula is C30H18F2O2. The number of carbonyl (C=O) groups excluding carboxylic acids is 2. The average molecular weight is 448 g/mol. The lowest BCUT2D eigenvalue weighted by atomic mass is 9.34. The fraction of sp³-hybridized carbons (Fsp3) is 0.133. The third-order valence-corrected chi connectivity index (χ3v) is 8.29. The van der Waals surface area contributed by atoms with Crippen molar-refractivity contribution in [3.05, 3.63) is 142 Å². The van der Waals surface area contributed by atoms with Crippen molar-refractivity contribution >= 4 is 11.6 Å². The molecule has 164 valence electrons. The van der Waals surface area contributed by atoms with Crippen molar-refractivity contribution in [3.8, 4) is 0 Å². The summed E-state index contributed by atoms with van der Waals surface area (Å²) < 4.78 is 28.1.